The van der Waals surface area contributed by atoms with Gasteiger partial charge < -0.3 is 10.1 Å². The van der Waals surface area contributed by atoms with Crippen molar-refractivity contribution in [3.8, 4) is 5.75 Å². The van der Waals surface area contributed by atoms with Crippen LogP contribution in [0.4, 0.5) is 23.2 Å². The van der Waals surface area contributed by atoms with Gasteiger partial charge in [-0.15, -0.1) is 0 Å². The van der Waals surface area contributed by atoms with Gasteiger partial charge in [0.15, 0.2) is 11.6 Å². The minimum absolute atomic E-state index is 0.0233. The highest BCUT2D eigenvalue weighted by molar-refractivity contribution is 5.49. The molecule has 0 aromatic heterocycles. The molecule has 1 N–H and O–H groups in total. The Morgan fingerprint density at radius 1 is 1.10 bits per heavy atom. The van der Waals surface area contributed by atoms with Crippen LogP contribution in [-0.2, 0) is 12.7 Å². The van der Waals surface area contributed by atoms with Crippen molar-refractivity contribution in [3.05, 3.63) is 59.4 Å². The molecule has 2 rings (SSSR count). The molecule has 0 aliphatic rings. The third kappa shape index (κ3) is 3.65. The van der Waals surface area contributed by atoms with E-state index < -0.39 is 17.6 Å². The minimum atomic E-state index is -4.40. The van der Waals surface area contributed by atoms with Crippen molar-refractivity contribution in [1.82, 2.24) is 0 Å². The lowest BCUT2D eigenvalue weighted by molar-refractivity contribution is -0.138. The first-order valence-corrected chi connectivity index (χ1v) is 6.14. The highest BCUT2D eigenvalue weighted by Gasteiger charge is 2.32. The van der Waals surface area contributed by atoms with E-state index in [-0.39, 0.29) is 17.9 Å². The Hall–Kier alpha value is -2.24. The Morgan fingerprint density at radius 2 is 1.81 bits per heavy atom. The molecule has 2 aromatic rings. The largest absolute Gasteiger partial charge is 0.494 e. The minimum Gasteiger partial charge on any atom is -0.494 e. The second kappa shape index (κ2) is 6.03. The molecule has 0 saturated heterocycles. The van der Waals surface area contributed by atoms with Crippen molar-refractivity contribution < 1.29 is 22.3 Å². The lowest BCUT2D eigenvalue weighted by atomic mass is 10.1. The molecular weight excluding hydrogens is 286 g/mol. The van der Waals surface area contributed by atoms with Gasteiger partial charge >= 0.3 is 6.18 Å². The molecule has 0 aliphatic carbocycles. The smallest absolute Gasteiger partial charge is 0.416 e. The molecule has 0 saturated carbocycles. The summed E-state index contributed by atoms with van der Waals surface area (Å²) in [6.07, 6.45) is -4.40. The third-order valence-corrected chi connectivity index (χ3v) is 2.96. The lowest BCUT2D eigenvalue weighted by Crippen LogP contribution is -2.11. The first-order valence-electron chi connectivity index (χ1n) is 6.14. The molecule has 0 aliphatic heterocycles. The molecule has 0 radical (unpaired) electrons. The van der Waals surface area contributed by atoms with E-state index in [1.165, 1.54) is 43.5 Å². The van der Waals surface area contributed by atoms with E-state index >= 15 is 0 Å². The van der Waals surface area contributed by atoms with Crippen LogP contribution in [0.15, 0.2) is 42.5 Å². The molecule has 0 amide bonds. The van der Waals surface area contributed by atoms with E-state index in [4.69, 9.17) is 4.74 Å². The van der Waals surface area contributed by atoms with Crippen LogP contribution in [0.5, 0.6) is 5.75 Å². The van der Waals surface area contributed by atoms with Crippen LogP contribution < -0.4 is 10.1 Å². The molecule has 6 heteroatoms. The number of hydrogen-bond donors (Lipinski definition) is 1. The van der Waals surface area contributed by atoms with Crippen molar-refractivity contribution >= 4 is 5.69 Å². The van der Waals surface area contributed by atoms with Gasteiger partial charge in [0.2, 0.25) is 0 Å². The van der Waals surface area contributed by atoms with Gasteiger partial charge in [0, 0.05) is 18.3 Å². The van der Waals surface area contributed by atoms with Crippen molar-refractivity contribution in [2.75, 3.05) is 12.4 Å². The number of benzene rings is 2. The van der Waals surface area contributed by atoms with E-state index in [9.17, 15) is 17.6 Å². The summed E-state index contributed by atoms with van der Waals surface area (Å²) in [5.41, 5.74) is -0.0925. The summed E-state index contributed by atoms with van der Waals surface area (Å²) in [6, 6.07) is 9.33. The summed E-state index contributed by atoms with van der Waals surface area (Å²) in [5, 5.41) is 2.83. The predicted octanol–water partition coefficient (Wildman–Crippen LogP) is 4.47. The van der Waals surface area contributed by atoms with Crippen LogP contribution in [0.2, 0.25) is 0 Å². The highest BCUT2D eigenvalue weighted by Crippen LogP contribution is 2.32. The maximum Gasteiger partial charge on any atom is 0.416 e. The van der Waals surface area contributed by atoms with E-state index in [1.54, 1.807) is 0 Å². The summed E-state index contributed by atoms with van der Waals surface area (Å²) < 4.78 is 56.6. The van der Waals surface area contributed by atoms with E-state index in [0.717, 1.165) is 6.07 Å². The normalized spacial score (nSPS) is 11.3. The lowest BCUT2D eigenvalue weighted by Gasteiger charge is -2.14. The number of methoxy groups -OCH3 is 1. The molecule has 0 fully saturated rings. The summed E-state index contributed by atoms with van der Waals surface area (Å²) in [5.74, 6) is -0.497. The Morgan fingerprint density at radius 3 is 2.48 bits per heavy atom. The van der Waals surface area contributed by atoms with E-state index in [0.29, 0.717) is 5.69 Å². The monoisotopic (exact) mass is 299 g/mol. The molecule has 0 heterocycles. The van der Waals surface area contributed by atoms with Crippen LogP contribution in [0.1, 0.15) is 11.1 Å². The van der Waals surface area contributed by atoms with Gasteiger partial charge in [-0.3, -0.25) is 0 Å². The number of rotatable bonds is 4. The second-order valence-corrected chi connectivity index (χ2v) is 4.36. The van der Waals surface area contributed by atoms with Gasteiger partial charge in [-0.1, -0.05) is 18.2 Å². The van der Waals surface area contributed by atoms with Crippen LogP contribution in [0.25, 0.3) is 0 Å². The fourth-order valence-electron chi connectivity index (χ4n) is 1.92. The SMILES string of the molecule is COc1cc(NCc2ccccc2C(F)(F)F)ccc1F. The molecule has 0 atom stereocenters. The summed E-state index contributed by atoms with van der Waals surface area (Å²) in [7, 11) is 1.32. The molecule has 0 spiro atoms. The maximum atomic E-state index is 13.3. The van der Waals surface area contributed by atoms with Crippen LogP contribution in [0.3, 0.4) is 0 Å². The Labute approximate surface area is 119 Å². The summed E-state index contributed by atoms with van der Waals surface area (Å²) in [4.78, 5) is 0. The third-order valence-electron chi connectivity index (χ3n) is 2.96. The Kier molecular flexibility index (Phi) is 4.35. The fourth-order valence-corrected chi connectivity index (χ4v) is 1.92. The topological polar surface area (TPSA) is 21.3 Å². The van der Waals surface area contributed by atoms with Crippen molar-refractivity contribution in [3.63, 3.8) is 0 Å². The average molecular weight is 299 g/mol. The standard InChI is InChI=1S/C15H13F4NO/c1-21-14-8-11(6-7-13(14)16)20-9-10-4-2-3-5-12(10)15(17,18)19/h2-8,20H,9H2,1H3. The number of nitrogens with one attached hydrogen (secondary N) is 1. The quantitative estimate of drug-likeness (QED) is 0.841. The molecule has 21 heavy (non-hydrogen) atoms. The van der Waals surface area contributed by atoms with Gasteiger partial charge in [0.25, 0.3) is 0 Å². The van der Waals surface area contributed by atoms with Crippen molar-refractivity contribution in [2.24, 2.45) is 0 Å². The molecular formula is C15H13F4NO. The summed E-state index contributed by atoms with van der Waals surface area (Å²) in [6.45, 7) is -0.0233. The predicted molar refractivity (Wildman–Crippen MR) is 71.7 cm³/mol. The Bertz CT molecular complexity index is 625. The fraction of sp³-hybridized carbons (Fsp3) is 0.200. The van der Waals surface area contributed by atoms with E-state index in [1.807, 2.05) is 0 Å². The number of ether oxygens (including phenoxy) is 1. The van der Waals surface area contributed by atoms with Gasteiger partial charge in [0.1, 0.15) is 0 Å². The summed E-state index contributed by atoms with van der Waals surface area (Å²) >= 11 is 0. The zero-order valence-corrected chi connectivity index (χ0v) is 11.2. The molecule has 112 valence electrons. The molecule has 0 unspecified atom stereocenters. The molecule has 0 bridgehead atoms. The number of anilines is 1. The van der Waals surface area contributed by atoms with Crippen LogP contribution >= 0.6 is 0 Å². The molecule has 2 aromatic carbocycles. The van der Waals surface area contributed by atoms with E-state index in [2.05, 4.69) is 5.32 Å². The number of hydrogen-bond acceptors (Lipinski definition) is 2. The number of alkyl halides is 3. The van der Waals surface area contributed by atoms with Gasteiger partial charge in [-0.2, -0.15) is 13.2 Å². The number of halogens is 4. The Balaban J connectivity index is 2.17. The first kappa shape index (κ1) is 15.2. The average Bonchev–Trinajstić information content (AvgIpc) is 2.45. The van der Waals surface area contributed by atoms with Crippen LogP contribution in [-0.4, -0.2) is 7.11 Å². The van der Waals surface area contributed by atoms with Gasteiger partial charge in [0.05, 0.1) is 12.7 Å². The van der Waals surface area contributed by atoms with Crippen molar-refractivity contribution in [2.45, 2.75) is 12.7 Å². The zero-order chi connectivity index (χ0) is 15.5. The van der Waals surface area contributed by atoms with Crippen molar-refractivity contribution in [1.29, 1.82) is 0 Å². The van der Waals surface area contributed by atoms with Gasteiger partial charge in [-0.25, -0.2) is 4.39 Å². The van der Waals surface area contributed by atoms with Crippen LogP contribution in [0, 0.1) is 5.82 Å². The van der Waals surface area contributed by atoms with Gasteiger partial charge in [-0.05, 0) is 23.8 Å². The maximum absolute atomic E-state index is 13.3. The second-order valence-electron chi connectivity index (χ2n) is 4.36. The zero-order valence-electron chi connectivity index (χ0n) is 11.2. The highest BCUT2D eigenvalue weighted by atomic mass is 19.4. The molecule has 2 nitrogen and oxygen atoms in total. The first-order chi connectivity index (χ1) is 9.91.